The number of amides is 1. The second kappa shape index (κ2) is 9.37. The highest BCUT2D eigenvalue weighted by Gasteiger charge is 2.33. The van der Waals surface area contributed by atoms with Crippen LogP contribution in [-0.4, -0.2) is 77.2 Å². The van der Waals surface area contributed by atoms with Gasteiger partial charge in [0.15, 0.2) is 0 Å². The van der Waals surface area contributed by atoms with Crippen LogP contribution in [0.25, 0.3) is 0 Å². The van der Waals surface area contributed by atoms with Gasteiger partial charge in [-0.2, -0.15) is 0 Å². The van der Waals surface area contributed by atoms with E-state index in [0.29, 0.717) is 18.9 Å². The summed E-state index contributed by atoms with van der Waals surface area (Å²) >= 11 is 0. The molecule has 1 unspecified atom stereocenters. The number of morpholine rings is 1. The molecule has 0 bridgehead atoms. The largest absolute Gasteiger partial charge is 0.491 e. The summed E-state index contributed by atoms with van der Waals surface area (Å²) in [7, 11) is 0. The minimum Gasteiger partial charge on any atom is -0.491 e. The van der Waals surface area contributed by atoms with E-state index >= 15 is 0 Å². The molecule has 2 aromatic rings. The van der Waals surface area contributed by atoms with Crippen LogP contribution < -0.4 is 4.74 Å². The first-order valence-corrected chi connectivity index (χ1v) is 10.2. The number of carbonyl (C=O) groups is 1. The molecule has 156 valence electrons. The fourth-order valence-electron chi connectivity index (χ4n) is 3.97. The molecule has 2 saturated heterocycles. The SMILES string of the molecule is O=C1COC(COc2ccc(F)cc2)CN1C1CCN(CCc2ncc[nH]2)CC1. The second-order valence-electron chi connectivity index (χ2n) is 7.60. The van der Waals surface area contributed by atoms with E-state index in [1.807, 2.05) is 11.1 Å². The number of imidazole rings is 1. The van der Waals surface area contributed by atoms with Crippen molar-refractivity contribution in [2.24, 2.45) is 0 Å². The van der Waals surface area contributed by atoms with E-state index in [9.17, 15) is 9.18 Å². The monoisotopic (exact) mass is 402 g/mol. The number of piperidine rings is 1. The predicted octanol–water partition coefficient (Wildman–Crippen LogP) is 1.86. The zero-order valence-corrected chi connectivity index (χ0v) is 16.4. The van der Waals surface area contributed by atoms with E-state index in [0.717, 1.165) is 44.7 Å². The van der Waals surface area contributed by atoms with Crippen LogP contribution in [0.3, 0.4) is 0 Å². The van der Waals surface area contributed by atoms with Gasteiger partial charge in [-0.05, 0) is 37.1 Å². The van der Waals surface area contributed by atoms with Crippen LogP contribution >= 0.6 is 0 Å². The van der Waals surface area contributed by atoms with Crippen LogP contribution in [-0.2, 0) is 16.0 Å². The van der Waals surface area contributed by atoms with E-state index < -0.39 is 0 Å². The summed E-state index contributed by atoms with van der Waals surface area (Å²) in [5.41, 5.74) is 0. The summed E-state index contributed by atoms with van der Waals surface area (Å²) in [6, 6.07) is 6.18. The number of nitrogens with zero attached hydrogens (tertiary/aromatic N) is 3. The number of hydrogen-bond acceptors (Lipinski definition) is 5. The number of ether oxygens (including phenoxy) is 2. The molecule has 4 rings (SSSR count). The number of benzene rings is 1. The Morgan fingerprint density at radius 2 is 2.03 bits per heavy atom. The van der Waals surface area contributed by atoms with Crippen LogP contribution in [0.1, 0.15) is 18.7 Å². The van der Waals surface area contributed by atoms with E-state index in [4.69, 9.17) is 9.47 Å². The Hall–Kier alpha value is -2.45. The van der Waals surface area contributed by atoms with E-state index in [1.54, 1.807) is 18.3 Å². The zero-order valence-electron chi connectivity index (χ0n) is 16.4. The Balaban J connectivity index is 1.23. The molecule has 1 amide bonds. The van der Waals surface area contributed by atoms with Gasteiger partial charge in [0.2, 0.25) is 5.91 Å². The van der Waals surface area contributed by atoms with Crippen molar-refractivity contribution in [2.75, 3.05) is 39.4 Å². The first kappa shape index (κ1) is 19.8. The molecule has 7 nitrogen and oxygen atoms in total. The van der Waals surface area contributed by atoms with Gasteiger partial charge in [-0.1, -0.05) is 0 Å². The smallest absolute Gasteiger partial charge is 0.248 e. The topological polar surface area (TPSA) is 70.7 Å². The van der Waals surface area contributed by atoms with Crippen LogP contribution in [0.2, 0.25) is 0 Å². The third-order valence-corrected chi connectivity index (χ3v) is 5.63. The predicted molar refractivity (Wildman–Crippen MR) is 105 cm³/mol. The number of hydrogen-bond donors (Lipinski definition) is 1. The molecule has 0 aliphatic carbocycles. The van der Waals surface area contributed by atoms with Crippen LogP contribution in [0.4, 0.5) is 4.39 Å². The highest BCUT2D eigenvalue weighted by Crippen LogP contribution is 2.21. The molecule has 1 aromatic heterocycles. The van der Waals surface area contributed by atoms with Gasteiger partial charge >= 0.3 is 0 Å². The molecule has 1 aromatic carbocycles. The van der Waals surface area contributed by atoms with Gasteiger partial charge in [0.25, 0.3) is 0 Å². The number of likely N-dealkylation sites (tertiary alicyclic amines) is 1. The molecule has 2 fully saturated rings. The van der Waals surface area contributed by atoms with Crippen LogP contribution in [0.15, 0.2) is 36.7 Å². The molecule has 1 N–H and O–H groups in total. The molecule has 0 radical (unpaired) electrons. The summed E-state index contributed by atoms with van der Waals surface area (Å²) < 4.78 is 24.4. The summed E-state index contributed by atoms with van der Waals surface area (Å²) in [6.45, 7) is 3.91. The van der Waals surface area contributed by atoms with Crippen molar-refractivity contribution in [1.82, 2.24) is 19.8 Å². The Bertz CT molecular complexity index is 776. The summed E-state index contributed by atoms with van der Waals surface area (Å²) in [5.74, 6) is 1.37. The highest BCUT2D eigenvalue weighted by atomic mass is 19.1. The van der Waals surface area contributed by atoms with E-state index in [-0.39, 0.29) is 30.5 Å². The number of rotatable bonds is 7. The number of nitrogens with one attached hydrogen (secondary N) is 1. The molecular weight excluding hydrogens is 375 g/mol. The number of carbonyl (C=O) groups excluding carboxylic acids is 1. The zero-order chi connectivity index (χ0) is 20.1. The van der Waals surface area contributed by atoms with Crippen molar-refractivity contribution in [3.63, 3.8) is 0 Å². The second-order valence-corrected chi connectivity index (χ2v) is 7.60. The van der Waals surface area contributed by atoms with Gasteiger partial charge in [-0.3, -0.25) is 4.79 Å². The lowest BCUT2D eigenvalue weighted by Gasteiger charge is -2.42. The molecule has 2 aliphatic rings. The minimum atomic E-state index is -0.293. The van der Waals surface area contributed by atoms with Gasteiger partial charge in [-0.15, -0.1) is 0 Å². The Morgan fingerprint density at radius 3 is 2.76 bits per heavy atom. The number of aromatic amines is 1. The van der Waals surface area contributed by atoms with Gasteiger partial charge in [0.05, 0.1) is 6.54 Å². The lowest BCUT2D eigenvalue weighted by Crippen LogP contribution is -2.55. The number of H-pyrrole nitrogens is 1. The van der Waals surface area contributed by atoms with Gasteiger partial charge in [0.1, 0.15) is 36.7 Å². The van der Waals surface area contributed by atoms with Crippen molar-refractivity contribution in [2.45, 2.75) is 31.4 Å². The summed E-state index contributed by atoms with van der Waals surface area (Å²) in [5, 5.41) is 0. The first-order valence-electron chi connectivity index (χ1n) is 10.2. The number of halogens is 1. The quantitative estimate of drug-likeness (QED) is 0.766. The molecule has 3 heterocycles. The fraction of sp³-hybridized carbons (Fsp3) is 0.524. The van der Waals surface area contributed by atoms with Crippen LogP contribution in [0, 0.1) is 5.82 Å². The van der Waals surface area contributed by atoms with Crippen LogP contribution in [0.5, 0.6) is 5.75 Å². The van der Waals surface area contributed by atoms with Crippen molar-refractivity contribution in [3.05, 3.63) is 48.3 Å². The third-order valence-electron chi connectivity index (χ3n) is 5.63. The lowest BCUT2D eigenvalue weighted by molar-refractivity contribution is -0.155. The molecular formula is C21H27FN4O3. The van der Waals surface area contributed by atoms with Crippen molar-refractivity contribution in [1.29, 1.82) is 0 Å². The molecule has 29 heavy (non-hydrogen) atoms. The normalized spacial score (nSPS) is 21.5. The van der Waals surface area contributed by atoms with Crippen molar-refractivity contribution in [3.8, 4) is 5.75 Å². The molecule has 2 aliphatic heterocycles. The van der Waals surface area contributed by atoms with Gasteiger partial charge < -0.3 is 24.3 Å². The van der Waals surface area contributed by atoms with Gasteiger partial charge in [0, 0.05) is 44.5 Å². The average molecular weight is 402 g/mol. The van der Waals surface area contributed by atoms with E-state index in [2.05, 4.69) is 14.9 Å². The van der Waals surface area contributed by atoms with Crippen molar-refractivity contribution < 1.29 is 18.7 Å². The van der Waals surface area contributed by atoms with E-state index in [1.165, 1.54) is 12.1 Å². The maximum atomic E-state index is 13.0. The third kappa shape index (κ3) is 5.33. The molecule has 8 heteroatoms. The highest BCUT2D eigenvalue weighted by molar-refractivity contribution is 5.78. The lowest BCUT2D eigenvalue weighted by atomic mass is 10.0. The molecule has 0 saturated carbocycles. The molecule has 0 spiro atoms. The standard InChI is InChI=1S/C21H27FN4O3/c22-16-1-3-18(4-2-16)28-14-19-13-26(21(27)15-29-19)17-5-10-25(11-6-17)12-7-20-23-8-9-24-20/h1-4,8-9,17,19H,5-7,10-15H2,(H,23,24). The first-order chi connectivity index (χ1) is 14.2. The summed E-state index contributed by atoms with van der Waals surface area (Å²) in [4.78, 5) is 24.2. The Morgan fingerprint density at radius 1 is 1.24 bits per heavy atom. The summed E-state index contributed by atoms with van der Waals surface area (Å²) in [6.07, 6.45) is 6.31. The maximum absolute atomic E-state index is 13.0. The van der Waals surface area contributed by atoms with Gasteiger partial charge in [-0.25, -0.2) is 9.37 Å². The Labute approximate surface area is 169 Å². The maximum Gasteiger partial charge on any atom is 0.248 e. The molecule has 1 atom stereocenters. The minimum absolute atomic E-state index is 0.0528. The number of aromatic nitrogens is 2. The average Bonchev–Trinajstić information content (AvgIpc) is 3.27. The Kier molecular flexibility index (Phi) is 6.41. The fourth-order valence-corrected chi connectivity index (χ4v) is 3.97. The van der Waals surface area contributed by atoms with Crippen molar-refractivity contribution >= 4 is 5.91 Å².